The second-order valence-electron chi connectivity index (χ2n) is 7.26. The van der Waals surface area contributed by atoms with Gasteiger partial charge in [0.05, 0.1) is 0 Å². The van der Waals surface area contributed by atoms with Gasteiger partial charge >= 0.3 is 5.97 Å². The van der Waals surface area contributed by atoms with Crippen LogP contribution in [0, 0.1) is 6.92 Å². The van der Waals surface area contributed by atoms with Gasteiger partial charge in [0.2, 0.25) is 0 Å². The average molecular weight is 397 g/mol. The Hall–Kier alpha value is -3.03. The zero-order valence-corrected chi connectivity index (χ0v) is 16.7. The van der Waals surface area contributed by atoms with Crippen molar-refractivity contribution >= 4 is 23.6 Å². The molecule has 1 saturated carbocycles. The molecule has 3 rings (SSSR count). The van der Waals surface area contributed by atoms with Crippen LogP contribution in [0.15, 0.2) is 30.3 Å². The Morgan fingerprint density at radius 2 is 1.83 bits per heavy atom. The molecule has 8 heteroatoms. The molecule has 1 N–H and O–H groups in total. The van der Waals surface area contributed by atoms with Crippen molar-refractivity contribution in [3.05, 3.63) is 41.7 Å². The maximum absolute atomic E-state index is 12.7. The lowest BCUT2D eigenvalue weighted by Gasteiger charge is -2.21. The third-order valence-corrected chi connectivity index (χ3v) is 4.97. The van der Waals surface area contributed by atoms with Crippen LogP contribution in [0.1, 0.15) is 56.3 Å². The standard InChI is InChI=1S/C21H27N5O3/c1-16-23-24-25-26(16)19(14-17-10-6-5-7-11-17)21(28)29-15-20(27)22-18-12-8-3-2-4-9-13-18/h5-7,10-11,14,18H,2-4,8-9,12-13,15H2,1H3,(H,22,27)/b19-14-. The molecule has 29 heavy (non-hydrogen) atoms. The first-order valence-corrected chi connectivity index (χ1v) is 10.1. The molecule has 0 spiro atoms. The number of hydrogen-bond donors (Lipinski definition) is 1. The molecule has 2 aromatic rings. The lowest BCUT2D eigenvalue weighted by molar-refractivity contribution is -0.143. The Bertz CT molecular complexity index is 839. The molecular formula is C21H27N5O3. The van der Waals surface area contributed by atoms with Gasteiger partial charge in [-0.1, -0.05) is 62.4 Å². The highest BCUT2D eigenvalue weighted by Gasteiger charge is 2.20. The zero-order valence-electron chi connectivity index (χ0n) is 16.7. The Balaban J connectivity index is 1.63. The first kappa shape index (κ1) is 20.7. The second-order valence-corrected chi connectivity index (χ2v) is 7.26. The van der Waals surface area contributed by atoms with Crippen LogP contribution in [-0.4, -0.2) is 44.7 Å². The minimum Gasteiger partial charge on any atom is -0.451 e. The van der Waals surface area contributed by atoms with Crippen molar-refractivity contribution in [1.29, 1.82) is 0 Å². The highest BCUT2D eigenvalue weighted by atomic mass is 16.5. The van der Waals surface area contributed by atoms with Crippen molar-refractivity contribution in [2.24, 2.45) is 0 Å². The summed E-state index contributed by atoms with van der Waals surface area (Å²) in [5, 5.41) is 14.3. The summed E-state index contributed by atoms with van der Waals surface area (Å²) in [7, 11) is 0. The summed E-state index contributed by atoms with van der Waals surface area (Å²) in [5.41, 5.74) is 0.950. The smallest absolute Gasteiger partial charge is 0.357 e. The van der Waals surface area contributed by atoms with Crippen LogP contribution >= 0.6 is 0 Å². The topological polar surface area (TPSA) is 99.0 Å². The fourth-order valence-corrected chi connectivity index (χ4v) is 3.44. The van der Waals surface area contributed by atoms with Gasteiger partial charge in [-0.3, -0.25) is 4.79 Å². The molecule has 0 atom stereocenters. The molecule has 1 amide bonds. The van der Waals surface area contributed by atoms with E-state index in [4.69, 9.17) is 4.74 Å². The van der Waals surface area contributed by atoms with Crippen molar-refractivity contribution < 1.29 is 14.3 Å². The van der Waals surface area contributed by atoms with Gasteiger partial charge in [-0.25, -0.2) is 4.79 Å². The molecule has 1 aromatic heterocycles. The van der Waals surface area contributed by atoms with Gasteiger partial charge in [0.15, 0.2) is 18.1 Å². The van der Waals surface area contributed by atoms with Crippen molar-refractivity contribution in [3.8, 4) is 0 Å². The molecule has 154 valence electrons. The lowest BCUT2D eigenvalue weighted by atomic mass is 9.97. The Morgan fingerprint density at radius 1 is 1.14 bits per heavy atom. The molecule has 1 aliphatic rings. The average Bonchev–Trinajstić information content (AvgIpc) is 3.12. The normalized spacial score (nSPS) is 16.0. The number of hydrogen-bond acceptors (Lipinski definition) is 6. The van der Waals surface area contributed by atoms with E-state index >= 15 is 0 Å². The number of nitrogens with one attached hydrogen (secondary N) is 1. The summed E-state index contributed by atoms with van der Waals surface area (Å²) in [4.78, 5) is 25.0. The van der Waals surface area contributed by atoms with Gasteiger partial charge < -0.3 is 10.1 Å². The number of nitrogens with zero attached hydrogens (tertiary/aromatic N) is 4. The molecule has 0 radical (unpaired) electrons. The molecule has 0 unspecified atom stereocenters. The van der Waals surface area contributed by atoms with Crippen LogP contribution in [0.5, 0.6) is 0 Å². The van der Waals surface area contributed by atoms with Crippen LogP contribution in [0.25, 0.3) is 11.8 Å². The molecule has 1 aromatic carbocycles. The van der Waals surface area contributed by atoms with Gasteiger partial charge in [0.1, 0.15) is 0 Å². The van der Waals surface area contributed by atoms with E-state index in [1.54, 1.807) is 13.0 Å². The number of benzene rings is 1. The number of ether oxygens (including phenoxy) is 1. The number of tetrazole rings is 1. The quantitative estimate of drug-likeness (QED) is 0.594. The molecule has 1 aliphatic carbocycles. The third kappa shape index (κ3) is 6.23. The number of rotatable bonds is 6. The molecule has 1 fully saturated rings. The molecule has 0 bridgehead atoms. The number of carbonyl (C=O) groups excluding carboxylic acids is 2. The number of esters is 1. The highest BCUT2D eigenvalue weighted by Crippen LogP contribution is 2.17. The predicted molar refractivity (Wildman–Crippen MR) is 108 cm³/mol. The van der Waals surface area contributed by atoms with Crippen molar-refractivity contribution in [2.75, 3.05) is 6.61 Å². The number of amides is 1. The van der Waals surface area contributed by atoms with Crippen LogP contribution < -0.4 is 5.32 Å². The van der Waals surface area contributed by atoms with Gasteiger partial charge in [0.25, 0.3) is 5.91 Å². The van der Waals surface area contributed by atoms with E-state index in [1.807, 2.05) is 30.3 Å². The highest BCUT2D eigenvalue weighted by molar-refractivity contribution is 6.15. The maximum atomic E-state index is 12.7. The van der Waals surface area contributed by atoms with E-state index in [1.165, 1.54) is 23.9 Å². The second kappa shape index (κ2) is 10.5. The summed E-state index contributed by atoms with van der Waals surface area (Å²) in [6, 6.07) is 9.48. The van der Waals surface area contributed by atoms with E-state index in [0.29, 0.717) is 5.82 Å². The molecule has 0 saturated heterocycles. The van der Waals surface area contributed by atoms with Crippen molar-refractivity contribution in [2.45, 2.75) is 57.9 Å². The number of aryl methyl sites for hydroxylation is 1. The van der Waals surface area contributed by atoms with Crippen molar-refractivity contribution in [1.82, 2.24) is 25.5 Å². The van der Waals surface area contributed by atoms with Gasteiger partial charge in [-0.15, -0.1) is 5.10 Å². The first-order valence-electron chi connectivity index (χ1n) is 10.1. The molecule has 0 aliphatic heterocycles. The van der Waals surface area contributed by atoms with Gasteiger partial charge in [-0.05, 0) is 41.8 Å². The van der Waals surface area contributed by atoms with E-state index in [9.17, 15) is 9.59 Å². The van der Waals surface area contributed by atoms with Crippen molar-refractivity contribution in [3.63, 3.8) is 0 Å². The Labute approximate surface area is 170 Å². The van der Waals surface area contributed by atoms with Gasteiger partial charge in [0, 0.05) is 6.04 Å². The van der Waals surface area contributed by atoms with Crippen LogP contribution in [0.4, 0.5) is 0 Å². The van der Waals surface area contributed by atoms with E-state index in [2.05, 4.69) is 20.8 Å². The fraction of sp³-hybridized carbons (Fsp3) is 0.476. The largest absolute Gasteiger partial charge is 0.451 e. The number of carbonyl (C=O) groups is 2. The molecular weight excluding hydrogens is 370 g/mol. The van der Waals surface area contributed by atoms with Crippen LogP contribution in [0.3, 0.4) is 0 Å². The zero-order chi connectivity index (χ0) is 20.5. The van der Waals surface area contributed by atoms with E-state index in [0.717, 1.165) is 31.2 Å². The minimum atomic E-state index is -0.655. The van der Waals surface area contributed by atoms with Gasteiger partial charge in [-0.2, -0.15) is 4.68 Å². The maximum Gasteiger partial charge on any atom is 0.357 e. The van der Waals surface area contributed by atoms with Crippen LogP contribution in [-0.2, 0) is 14.3 Å². The number of aromatic nitrogens is 4. The van der Waals surface area contributed by atoms with E-state index in [-0.39, 0.29) is 24.3 Å². The van der Waals surface area contributed by atoms with E-state index < -0.39 is 5.97 Å². The Kier molecular flexibility index (Phi) is 7.49. The summed E-state index contributed by atoms with van der Waals surface area (Å²) in [6.45, 7) is 1.36. The van der Waals surface area contributed by atoms with Crippen LogP contribution in [0.2, 0.25) is 0 Å². The summed E-state index contributed by atoms with van der Waals surface area (Å²) in [5.74, 6) is -0.489. The summed E-state index contributed by atoms with van der Waals surface area (Å²) in [6.07, 6.45) is 9.51. The third-order valence-electron chi connectivity index (χ3n) is 4.97. The summed E-state index contributed by atoms with van der Waals surface area (Å²) < 4.78 is 6.59. The molecule has 8 nitrogen and oxygen atoms in total. The minimum absolute atomic E-state index is 0.150. The summed E-state index contributed by atoms with van der Waals surface area (Å²) >= 11 is 0. The fourth-order valence-electron chi connectivity index (χ4n) is 3.44. The SMILES string of the molecule is Cc1nnnn1/C(=C\c1ccccc1)C(=O)OCC(=O)NC1CCCCCCC1. The monoisotopic (exact) mass is 397 g/mol. The lowest BCUT2D eigenvalue weighted by Crippen LogP contribution is -2.38. The first-order chi connectivity index (χ1) is 14.1. The Morgan fingerprint density at radius 3 is 2.48 bits per heavy atom. The molecule has 1 heterocycles. The predicted octanol–water partition coefficient (Wildman–Crippen LogP) is 2.75.